The van der Waals surface area contributed by atoms with Gasteiger partial charge < -0.3 is 13.7 Å². The standard InChI is InChI=1S/C24H20ClN3O4/c1-12-22(14(3)32-27-12)18-9-19-17(10-20(18)30-4)23-21(11-26-19)31-24(29)28(23)13(2)15-6-5-7-16(25)8-15/h5-11,13H,1-4H3/t13-/m1/s1. The van der Waals surface area contributed by atoms with E-state index in [0.717, 1.165) is 27.8 Å². The summed E-state index contributed by atoms with van der Waals surface area (Å²) in [5.41, 5.74) is 5.09. The summed E-state index contributed by atoms with van der Waals surface area (Å²) in [4.78, 5) is 17.4. The fraction of sp³-hybridized carbons (Fsp3) is 0.208. The van der Waals surface area contributed by atoms with Crippen LogP contribution in [0.3, 0.4) is 0 Å². The van der Waals surface area contributed by atoms with Gasteiger partial charge >= 0.3 is 5.76 Å². The maximum absolute atomic E-state index is 12.9. The molecule has 0 bridgehead atoms. The number of nitrogens with zero attached hydrogens (tertiary/aromatic N) is 3. The Morgan fingerprint density at radius 1 is 1.19 bits per heavy atom. The van der Waals surface area contributed by atoms with Crippen LogP contribution in [0.2, 0.25) is 5.02 Å². The molecule has 5 rings (SSSR count). The number of fused-ring (bicyclic) bond motifs is 3. The average Bonchev–Trinajstić information content (AvgIpc) is 3.30. The van der Waals surface area contributed by atoms with Gasteiger partial charge in [0.05, 0.1) is 36.1 Å². The Balaban J connectivity index is 1.81. The number of rotatable bonds is 4. The third-order valence-corrected chi connectivity index (χ3v) is 6.02. The molecule has 8 heteroatoms. The zero-order valence-corrected chi connectivity index (χ0v) is 18.7. The lowest BCUT2D eigenvalue weighted by Crippen LogP contribution is -2.19. The van der Waals surface area contributed by atoms with E-state index in [1.54, 1.807) is 23.9 Å². The molecule has 0 fully saturated rings. The van der Waals surface area contributed by atoms with Crippen LogP contribution in [-0.2, 0) is 0 Å². The summed E-state index contributed by atoms with van der Waals surface area (Å²) in [6.45, 7) is 5.67. The molecule has 0 aliphatic heterocycles. The maximum atomic E-state index is 12.9. The fourth-order valence-corrected chi connectivity index (χ4v) is 4.44. The lowest BCUT2D eigenvalue weighted by molar-refractivity contribution is 0.393. The van der Waals surface area contributed by atoms with Gasteiger partial charge in [-0.05, 0) is 50.6 Å². The molecule has 162 valence electrons. The number of benzene rings is 2. The molecule has 3 aromatic heterocycles. The number of halogens is 1. The van der Waals surface area contributed by atoms with E-state index in [4.69, 9.17) is 25.3 Å². The van der Waals surface area contributed by atoms with Gasteiger partial charge in [0.2, 0.25) is 0 Å². The highest BCUT2D eigenvalue weighted by atomic mass is 35.5. The van der Waals surface area contributed by atoms with E-state index in [1.165, 1.54) is 0 Å². The van der Waals surface area contributed by atoms with E-state index < -0.39 is 5.76 Å². The van der Waals surface area contributed by atoms with Crippen molar-refractivity contribution in [1.82, 2.24) is 14.7 Å². The first-order valence-corrected chi connectivity index (χ1v) is 10.5. The van der Waals surface area contributed by atoms with E-state index in [9.17, 15) is 4.79 Å². The van der Waals surface area contributed by atoms with Gasteiger partial charge in [-0.25, -0.2) is 4.79 Å². The summed E-state index contributed by atoms with van der Waals surface area (Å²) >= 11 is 6.18. The van der Waals surface area contributed by atoms with Crippen molar-refractivity contribution < 1.29 is 13.7 Å². The minimum atomic E-state index is -0.462. The second kappa shape index (κ2) is 7.53. The topological polar surface area (TPSA) is 83.3 Å². The molecule has 7 nitrogen and oxygen atoms in total. The first-order valence-electron chi connectivity index (χ1n) is 10.1. The van der Waals surface area contributed by atoms with Crippen molar-refractivity contribution in [2.24, 2.45) is 0 Å². The molecule has 0 radical (unpaired) electrons. The number of oxazole rings is 1. The van der Waals surface area contributed by atoms with Crippen LogP contribution in [0.4, 0.5) is 0 Å². The summed E-state index contributed by atoms with van der Waals surface area (Å²) in [5, 5.41) is 5.41. The van der Waals surface area contributed by atoms with Crippen molar-refractivity contribution in [3.8, 4) is 16.9 Å². The molecule has 5 aromatic rings. The summed E-state index contributed by atoms with van der Waals surface area (Å²) in [6.07, 6.45) is 1.57. The van der Waals surface area contributed by atoms with Crippen molar-refractivity contribution in [1.29, 1.82) is 0 Å². The fourth-order valence-electron chi connectivity index (χ4n) is 4.24. The van der Waals surface area contributed by atoms with Crippen molar-refractivity contribution in [2.75, 3.05) is 7.11 Å². The highest BCUT2D eigenvalue weighted by molar-refractivity contribution is 6.30. The largest absolute Gasteiger partial charge is 0.496 e. The van der Waals surface area contributed by atoms with Gasteiger partial charge in [-0.2, -0.15) is 0 Å². The number of pyridine rings is 1. The molecule has 0 aliphatic rings. The van der Waals surface area contributed by atoms with Crippen LogP contribution in [0.5, 0.6) is 5.75 Å². The maximum Gasteiger partial charge on any atom is 0.420 e. The molecule has 32 heavy (non-hydrogen) atoms. The zero-order chi connectivity index (χ0) is 22.6. The monoisotopic (exact) mass is 449 g/mol. The number of aromatic nitrogens is 3. The summed E-state index contributed by atoms with van der Waals surface area (Å²) in [5.74, 6) is 0.850. The minimum Gasteiger partial charge on any atom is -0.496 e. The second-order valence-corrected chi connectivity index (χ2v) is 8.15. The van der Waals surface area contributed by atoms with Crippen LogP contribution in [-0.4, -0.2) is 21.8 Å². The molecule has 0 N–H and O–H groups in total. The number of hydrogen-bond acceptors (Lipinski definition) is 6. The molecule has 0 amide bonds. The predicted octanol–water partition coefficient (Wildman–Crippen LogP) is 5.69. The Morgan fingerprint density at radius 3 is 2.69 bits per heavy atom. The Labute approximate surface area is 188 Å². The number of methoxy groups -OCH3 is 1. The molecule has 0 spiro atoms. The molecule has 2 aromatic carbocycles. The molecular weight excluding hydrogens is 430 g/mol. The van der Waals surface area contributed by atoms with Gasteiger partial charge in [-0.3, -0.25) is 9.55 Å². The Morgan fingerprint density at radius 2 is 2.00 bits per heavy atom. The quantitative estimate of drug-likeness (QED) is 0.350. The van der Waals surface area contributed by atoms with Crippen LogP contribution in [0, 0.1) is 13.8 Å². The van der Waals surface area contributed by atoms with Crippen molar-refractivity contribution in [3.05, 3.63) is 75.2 Å². The summed E-state index contributed by atoms with van der Waals surface area (Å²) < 4.78 is 18.2. The van der Waals surface area contributed by atoms with E-state index in [1.807, 2.05) is 51.1 Å². The molecule has 3 heterocycles. The van der Waals surface area contributed by atoms with Gasteiger partial charge in [0, 0.05) is 16.0 Å². The minimum absolute atomic E-state index is 0.304. The van der Waals surface area contributed by atoms with Gasteiger partial charge in [-0.1, -0.05) is 28.9 Å². The lowest BCUT2D eigenvalue weighted by atomic mass is 10.00. The van der Waals surface area contributed by atoms with Gasteiger partial charge in [0.15, 0.2) is 5.58 Å². The number of hydrogen-bond donors (Lipinski definition) is 0. The zero-order valence-electron chi connectivity index (χ0n) is 18.0. The highest BCUT2D eigenvalue weighted by Gasteiger charge is 2.23. The van der Waals surface area contributed by atoms with Crippen LogP contribution >= 0.6 is 11.6 Å². The average molecular weight is 450 g/mol. The first-order chi connectivity index (χ1) is 15.4. The van der Waals surface area contributed by atoms with E-state index in [0.29, 0.717) is 33.1 Å². The van der Waals surface area contributed by atoms with E-state index in [-0.39, 0.29) is 6.04 Å². The Bertz CT molecular complexity index is 1530. The molecule has 0 unspecified atom stereocenters. The van der Waals surface area contributed by atoms with Crippen LogP contribution in [0.15, 0.2) is 56.3 Å². The normalized spacial score (nSPS) is 12.5. The second-order valence-electron chi connectivity index (χ2n) is 7.71. The van der Waals surface area contributed by atoms with Gasteiger partial charge in [-0.15, -0.1) is 0 Å². The molecule has 0 saturated carbocycles. The predicted molar refractivity (Wildman–Crippen MR) is 123 cm³/mol. The van der Waals surface area contributed by atoms with Crippen molar-refractivity contribution in [3.63, 3.8) is 0 Å². The molecule has 0 saturated heterocycles. The highest BCUT2D eigenvalue weighted by Crippen LogP contribution is 2.39. The van der Waals surface area contributed by atoms with E-state index in [2.05, 4.69) is 10.1 Å². The Hall–Kier alpha value is -3.58. The van der Waals surface area contributed by atoms with E-state index >= 15 is 0 Å². The third kappa shape index (κ3) is 3.08. The lowest BCUT2D eigenvalue weighted by Gasteiger charge is -2.15. The first kappa shape index (κ1) is 20.3. The molecular formula is C24H20ClN3O4. The van der Waals surface area contributed by atoms with Crippen LogP contribution < -0.4 is 10.5 Å². The number of ether oxygens (including phenoxy) is 1. The van der Waals surface area contributed by atoms with Crippen LogP contribution in [0.25, 0.3) is 33.1 Å². The van der Waals surface area contributed by atoms with Crippen LogP contribution in [0.1, 0.15) is 30.0 Å². The third-order valence-electron chi connectivity index (χ3n) is 5.78. The molecule has 1 atom stereocenters. The summed E-state index contributed by atoms with van der Waals surface area (Å²) in [7, 11) is 1.60. The Kier molecular flexibility index (Phi) is 4.78. The van der Waals surface area contributed by atoms with Crippen molar-refractivity contribution >= 4 is 33.6 Å². The SMILES string of the molecule is COc1cc2c(cc1-c1c(C)noc1C)ncc1oc(=O)n([C@H](C)c3cccc(Cl)c3)c12. The molecule has 0 aliphatic carbocycles. The summed E-state index contributed by atoms with van der Waals surface area (Å²) in [6, 6.07) is 10.9. The van der Waals surface area contributed by atoms with Gasteiger partial charge in [0.25, 0.3) is 0 Å². The van der Waals surface area contributed by atoms with Crippen molar-refractivity contribution in [2.45, 2.75) is 26.8 Å². The number of aryl methyl sites for hydroxylation is 2. The van der Waals surface area contributed by atoms with Gasteiger partial charge in [0.1, 0.15) is 17.0 Å². The smallest absolute Gasteiger partial charge is 0.420 e.